The van der Waals surface area contributed by atoms with Crippen molar-refractivity contribution in [2.45, 2.75) is 36.2 Å². The van der Waals surface area contributed by atoms with Gasteiger partial charge in [-0.25, -0.2) is 13.1 Å². The molecule has 8 heteroatoms. The van der Waals surface area contributed by atoms with E-state index >= 15 is 0 Å². The van der Waals surface area contributed by atoms with Crippen molar-refractivity contribution in [3.63, 3.8) is 0 Å². The number of aliphatic carboxylic acids is 1. The number of rotatable bonds is 5. The summed E-state index contributed by atoms with van der Waals surface area (Å²) in [7, 11) is -2.20. The first kappa shape index (κ1) is 13.0. The summed E-state index contributed by atoms with van der Waals surface area (Å²) in [6.45, 7) is 0. The summed E-state index contributed by atoms with van der Waals surface area (Å²) >= 11 is 0. The van der Waals surface area contributed by atoms with E-state index in [0.717, 1.165) is 6.42 Å². The number of hydrogen-bond donors (Lipinski definition) is 2. The van der Waals surface area contributed by atoms with E-state index in [9.17, 15) is 13.2 Å². The number of nitrogens with zero attached hydrogens (tertiary/aromatic N) is 2. The number of aryl methyl sites for hydroxylation is 1. The molecule has 1 fully saturated rings. The van der Waals surface area contributed by atoms with Crippen LogP contribution in [0, 0.1) is 0 Å². The van der Waals surface area contributed by atoms with E-state index in [0.29, 0.717) is 12.8 Å². The third-order valence-corrected chi connectivity index (χ3v) is 4.86. The van der Waals surface area contributed by atoms with Crippen LogP contribution in [0.1, 0.15) is 25.7 Å². The monoisotopic (exact) mass is 273 g/mol. The van der Waals surface area contributed by atoms with Crippen LogP contribution >= 0.6 is 0 Å². The van der Waals surface area contributed by atoms with Gasteiger partial charge in [-0.3, -0.25) is 9.48 Å². The summed E-state index contributed by atoms with van der Waals surface area (Å²) in [4.78, 5) is 10.8. The first-order valence-corrected chi connectivity index (χ1v) is 7.07. The Hall–Kier alpha value is -1.41. The standard InChI is InChI=1S/C10H15N3O4S/c1-13-8(3-6-11-13)18(16,17)12-10(4-2-5-10)7-9(14)15/h3,6,12H,2,4-5,7H2,1H3,(H,14,15). The fourth-order valence-corrected chi connectivity index (χ4v) is 3.76. The van der Waals surface area contributed by atoms with Crippen molar-refractivity contribution >= 4 is 16.0 Å². The first-order valence-electron chi connectivity index (χ1n) is 5.58. The second kappa shape index (κ2) is 4.36. The minimum absolute atomic E-state index is 0.0409. The van der Waals surface area contributed by atoms with Gasteiger partial charge in [0.1, 0.15) is 0 Å². The molecule has 0 spiro atoms. The van der Waals surface area contributed by atoms with Gasteiger partial charge in [0, 0.05) is 12.6 Å². The molecule has 100 valence electrons. The van der Waals surface area contributed by atoms with Crippen molar-refractivity contribution in [3.8, 4) is 0 Å². The molecule has 0 aromatic carbocycles. The van der Waals surface area contributed by atoms with Gasteiger partial charge < -0.3 is 5.11 Å². The Morgan fingerprint density at radius 3 is 2.67 bits per heavy atom. The molecule has 1 aliphatic carbocycles. The van der Waals surface area contributed by atoms with Crippen LogP contribution < -0.4 is 4.72 Å². The van der Waals surface area contributed by atoms with Crippen molar-refractivity contribution in [2.75, 3.05) is 0 Å². The maximum atomic E-state index is 12.1. The van der Waals surface area contributed by atoms with Gasteiger partial charge >= 0.3 is 5.97 Å². The summed E-state index contributed by atoms with van der Waals surface area (Å²) in [6.07, 6.45) is 3.14. The van der Waals surface area contributed by atoms with Crippen LogP contribution in [0.3, 0.4) is 0 Å². The fraction of sp³-hybridized carbons (Fsp3) is 0.600. The van der Waals surface area contributed by atoms with Crippen molar-refractivity contribution in [3.05, 3.63) is 12.3 Å². The third-order valence-electron chi connectivity index (χ3n) is 3.20. The molecule has 1 aromatic rings. The number of sulfonamides is 1. The van der Waals surface area contributed by atoms with Gasteiger partial charge in [0.15, 0.2) is 5.03 Å². The average Bonchev–Trinajstić information content (AvgIpc) is 2.60. The molecule has 2 N–H and O–H groups in total. The lowest BCUT2D eigenvalue weighted by Crippen LogP contribution is -2.54. The van der Waals surface area contributed by atoms with E-state index in [4.69, 9.17) is 5.11 Å². The second-order valence-electron chi connectivity index (χ2n) is 4.60. The molecule has 0 bridgehead atoms. The Bertz CT molecular complexity index is 559. The Morgan fingerprint density at radius 2 is 2.28 bits per heavy atom. The number of carboxylic acids is 1. The normalized spacial score (nSPS) is 18.3. The van der Waals surface area contributed by atoms with Crippen LogP contribution in [0.15, 0.2) is 17.3 Å². The van der Waals surface area contributed by atoms with Gasteiger partial charge in [-0.05, 0) is 25.3 Å². The highest BCUT2D eigenvalue weighted by Crippen LogP contribution is 2.36. The average molecular weight is 273 g/mol. The molecular weight excluding hydrogens is 258 g/mol. The lowest BCUT2D eigenvalue weighted by molar-refractivity contribution is -0.139. The number of carboxylic acid groups (broad SMARTS) is 1. The van der Waals surface area contributed by atoms with Crippen molar-refractivity contribution in [1.82, 2.24) is 14.5 Å². The summed E-state index contributed by atoms with van der Waals surface area (Å²) < 4.78 is 28.0. The minimum Gasteiger partial charge on any atom is -0.481 e. The van der Waals surface area contributed by atoms with Crippen molar-refractivity contribution in [1.29, 1.82) is 0 Å². The molecule has 2 rings (SSSR count). The molecule has 0 unspecified atom stereocenters. The molecule has 0 radical (unpaired) electrons. The molecule has 0 aliphatic heterocycles. The van der Waals surface area contributed by atoms with Gasteiger partial charge in [0.2, 0.25) is 0 Å². The third kappa shape index (κ3) is 2.39. The number of carbonyl (C=O) groups is 1. The van der Waals surface area contributed by atoms with Gasteiger partial charge in [0.25, 0.3) is 10.0 Å². The zero-order chi connectivity index (χ0) is 13.4. The number of hydrogen-bond acceptors (Lipinski definition) is 4. The number of nitrogens with one attached hydrogen (secondary N) is 1. The fourth-order valence-electron chi connectivity index (χ4n) is 2.17. The molecule has 1 aromatic heterocycles. The van der Waals surface area contributed by atoms with E-state index in [1.54, 1.807) is 0 Å². The molecule has 18 heavy (non-hydrogen) atoms. The predicted molar refractivity (Wildman–Crippen MR) is 62.4 cm³/mol. The Morgan fingerprint density at radius 1 is 1.61 bits per heavy atom. The molecule has 0 atom stereocenters. The zero-order valence-corrected chi connectivity index (χ0v) is 10.8. The summed E-state index contributed by atoms with van der Waals surface area (Å²) in [6, 6.07) is 1.38. The molecule has 7 nitrogen and oxygen atoms in total. The topological polar surface area (TPSA) is 101 Å². The quantitative estimate of drug-likeness (QED) is 0.792. The minimum atomic E-state index is -3.72. The zero-order valence-electron chi connectivity index (χ0n) is 9.96. The van der Waals surface area contributed by atoms with Gasteiger partial charge in [-0.15, -0.1) is 0 Å². The highest BCUT2D eigenvalue weighted by molar-refractivity contribution is 7.89. The van der Waals surface area contributed by atoms with E-state index in [1.807, 2.05) is 0 Å². The lowest BCUT2D eigenvalue weighted by atomic mass is 9.75. The summed E-state index contributed by atoms with van der Waals surface area (Å²) in [5, 5.41) is 12.7. The van der Waals surface area contributed by atoms with Crippen LogP contribution in [0.25, 0.3) is 0 Å². The predicted octanol–water partition coefficient (Wildman–Crippen LogP) is 0.0958. The van der Waals surface area contributed by atoms with Crippen LogP contribution in [0.2, 0.25) is 0 Å². The summed E-state index contributed by atoms with van der Waals surface area (Å²) in [5.74, 6) is -0.998. The highest BCUT2D eigenvalue weighted by Gasteiger charge is 2.43. The van der Waals surface area contributed by atoms with Gasteiger partial charge in [-0.2, -0.15) is 5.10 Å². The van der Waals surface area contributed by atoms with E-state index in [-0.39, 0.29) is 11.4 Å². The van der Waals surface area contributed by atoms with Crippen LogP contribution in [-0.2, 0) is 21.9 Å². The highest BCUT2D eigenvalue weighted by atomic mass is 32.2. The molecule has 0 amide bonds. The maximum absolute atomic E-state index is 12.1. The molecule has 1 saturated carbocycles. The maximum Gasteiger partial charge on any atom is 0.305 e. The largest absolute Gasteiger partial charge is 0.481 e. The molecule has 1 heterocycles. The summed E-state index contributed by atoms with van der Waals surface area (Å²) in [5.41, 5.74) is -0.838. The molecule has 1 aliphatic rings. The number of aromatic nitrogens is 2. The Kier molecular flexibility index (Phi) is 3.16. The Balaban J connectivity index is 2.22. The lowest BCUT2D eigenvalue weighted by Gasteiger charge is -2.40. The van der Waals surface area contributed by atoms with E-state index in [1.165, 1.54) is 24.0 Å². The van der Waals surface area contributed by atoms with E-state index < -0.39 is 21.5 Å². The van der Waals surface area contributed by atoms with Crippen LogP contribution in [0.5, 0.6) is 0 Å². The van der Waals surface area contributed by atoms with Crippen molar-refractivity contribution < 1.29 is 18.3 Å². The van der Waals surface area contributed by atoms with Crippen LogP contribution in [-0.4, -0.2) is 34.8 Å². The van der Waals surface area contributed by atoms with Crippen molar-refractivity contribution in [2.24, 2.45) is 7.05 Å². The Labute approximate surface area is 105 Å². The van der Waals surface area contributed by atoms with Gasteiger partial charge in [-0.1, -0.05) is 0 Å². The smallest absolute Gasteiger partial charge is 0.305 e. The molecular formula is C10H15N3O4S. The molecule has 0 saturated heterocycles. The first-order chi connectivity index (χ1) is 8.35. The van der Waals surface area contributed by atoms with E-state index in [2.05, 4.69) is 9.82 Å². The van der Waals surface area contributed by atoms with Gasteiger partial charge in [0.05, 0.1) is 12.6 Å². The van der Waals surface area contributed by atoms with Crippen LogP contribution in [0.4, 0.5) is 0 Å². The second-order valence-corrected chi connectivity index (χ2v) is 6.23. The SMILES string of the molecule is Cn1nccc1S(=O)(=O)NC1(CC(=O)O)CCC1.